The maximum atomic E-state index is 13.0. The SMILES string of the molecule is CCCCN(CCCC)CCC(NC)c1ccc(F)cc1. The second-order valence-corrected chi connectivity index (χ2v) is 5.73. The molecule has 0 saturated carbocycles. The molecular formula is C18H31FN2. The molecule has 0 aliphatic heterocycles. The van der Waals surface area contributed by atoms with Crippen molar-refractivity contribution in [3.63, 3.8) is 0 Å². The van der Waals surface area contributed by atoms with Gasteiger partial charge in [-0.05, 0) is 63.6 Å². The molecule has 2 nitrogen and oxygen atoms in total. The molecule has 1 aromatic rings. The lowest BCUT2D eigenvalue weighted by Crippen LogP contribution is -2.30. The Kier molecular flexibility index (Phi) is 9.27. The number of halogens is 1. The normalized spacial score (nSPS) is 12.8. The minimum atomic E-state index is -0.166. The van der Waals surface area contributed by atoms with Gasteiger partial charge in [0.05, 0.1) is 0 Å². The third-order valence-electron chi connectivity index (χ3n) is 4.01. The predicted molar refractivity (Wildman–Crippen MR) is 89.1 cm³/mol. The monoisotopic (exact) mass is 294 g/mol. The number of nitrogens with zero attached hydrogens (tertiary/aromatic N) is 1. The van der Waals surface area contributed by atoms with Crippen molar-refractivity contribution in [1.29, 1.82) is 0 Å². The smallest absolute Gasteiger partial charge is 0.123 e. The van der Waals surface area contributed by atoms with Crippen molar-refractivity contribution < 1.29 is 4.39 Å². The zero-order valence-corrected chi connectivity index (χ0v) is 13.9. The van der Waals surface area contributed by atoms with Gasteiger partial charge in [0.15, 0.2) is 0 Å². The molecule has 1 aromatic carbocycles. The van der Waals surface area contributed by atoms with Gasteiger partial charge in [-0.2, -0.15) is 0 Å². The van der Waals surface area contributed by atoms with E-state index in [9.17, 15) is 4.39 Å². The summed E-state index contributed by atoms with van der Waals surface area (Å²) in [7, 11) is 1.98. The summed E-state index contributed by atoms with van der Waals surface area (Å²) in [6.07, 6.45) is 6.09. The second-order valence-electron chi connectivity index (χ2n) is 5.73. The average Bonchev–Trinajstić information content (AvgIpc) is 2.51. The number of unbranched alkanes of at least 4 members (excludes halogenated alkanes) is 2. The highest BCUT2D eigenvalue weighted by Crippen LogP contribution is 2.17. The topological polar surface area (TPSA) is 15.3 Å². The number of rotatable bonds is 11. The molecular weight excluding hydrogens is 263 g/mol. The van der Waals surface area contributed by atoms with Gasteiger partial charge < -0.3 is 10.2 Å². The van der Waals surface area contributed by atoms with Gasteiger partial charge in [0.2, 0.25) is 0 Å². The van der Waals surface area contributed by atoms with Gasteiger partial charge in [-0.3, -0.25) is 0 Å². The molecule has 0 spiro atoms. The number of hydrogen-bond acceptors (Lipinski definition) is 2. The Hall–Kier alpha value is -0.930. The van der Waals surface area contributed by atoms with Crippen LogP contribution in [-0.2, 0) is 0 Å². The molecule has 120 valence electrons. The standard InChI is InChI=1S/C18H31FN2/c1-4-6-13-21(14-7-5-2)15-12-18(20-3)16-8-10-17(19)11-9-16/h8-11,18,20H,4-7,12-15H2,1-3H3. The van der Waals surface area contributed by atoms with Crippen molar-refractivity contribution in [2.75, 3.05) is 26.7 Å². The molecule has 3 heteroatoms. The summed E-state index contributed by atoms with van der Waals surface area (Å²) < 4.78 is 13.0. The largest absolute Gasteiger partial charge is 0.313 e. The Balaban J connectivity index is 2.51. The predicted octanol–water partition coefficient (Wildman–Crippen LogP) is 4.38. The van der Waals surface area contributed by atoms with Crippen LogP contribution in [0.1, 0.15) is 57.6 Å². The summed E-state index contributed by atoms with van der Waals surface area (Å²) in [4.78, 5) is 2.57. The fourth-order valence-electron chi connectivity index (χ4n) is 2.58. The van der Waals surface area contributed by atoms with Gasteiger partial charge in [-0.1, -0.05) is 38.8 Å². The van der Waals surface area contributed by atoms with Crippen molar-refractivity contribution in [2.24, 2.45) is 0 Å². The molecule has 0 aliphatic rings. The highest BCUT2D eigenvalue weighted by Gasteiger charge is 2.12. The third kappa shape index (κ3) is 7.05. The highest BCUT2D eigenvalue weighted by molar-refractivity contribution is 5.19. The van der Waals surface area contributed by atoms with Gasteiger partial charge in [0.1, 0.15) is 5.82 Å². The van der Waals surface area contributed by atoms with E-state index in [4.69, 9.17) is 0 Å². The van der Waals surface area contributed by atoms with E-state index < -0.39 is 0 Å². The molecule has 0 aromatic heterocycles. The van der Waals surface area contributed by atoms with Crippen LogP contribution >= 0.6 is 0 Å². The molecule has 1 rings (SSSR count). The Morgan fingerprint density at radius 1 is 1.00 bits per heavy atom. The van der Waals surface area contributed by atoms with E-state index >= 15 is 0 Å². The molecule has 1 atom stereocenters. The number of benzene rings is 1. The lowest BCUT2D eigenvalue weighted by Gasteiger charge is -2.25. The maximum Gasteiger partial charge on any atom is 0.123 e. The van der Waals surface area contributed by atoms with Crippen LogP contribution in [0.2, 0.25) is 0 Å². The van der Waals surface area contributed by atoms with Gasteiger partial charge >= 0.3 is 0 Å². The Morgan fingerprint density at radius 2 is 1.57 bits per heavy atom. The molecule has 0 aliphatic carbocycles. The highest BCUT2D eigenvalue weighted by atomic mass is 19.1. The molecule has 1 N–H and O–H groups in total. The maximum absolute atomic E-state index is 13.0. The lowest BCUT2D eigenvalue weighted by molar-refractivity contribution is 0.251. The minimum Gasteiger partial charge on any atom is -0.313 e. The van der Waals surface area contributed by atoms with Crippen LogP contribution in [0.15, 0.2) is 24.3 Å². The van der Waals surface area contributed by atoms with Crippen LogP contribution in [-0.4, -0.2) is 31.6 Å². The van der Waals surface area contributed by atoms with Gasteiger partial charge in [-0.25, -0.2) is 4.39 Å². The zero-order chi connectivity index (χ0) is 15.5. The average molecular weight is 294 g/mol. The van der Waals surface area contributed by atoms with Crippen LogP contribution < -0.4 is 5.32 Å². The van der Waals surface area contributed by atoms with Gasteiger partial charge in [0.25, 0.3) is 0 Å². The quantitative estimate of drug-likeness (QED) is 0.651. The van der Waals surface area contributed by atoms with Gasteiger partial charge in [0, 0.05) is 6.04 Å². The molecule has 0 amide bonds. The Morgan fingerprint density at radius 3 is 2.05 bits per heavy atom. The van der Waals surface area contributed by atoms with E-state index in [-0.39, 0.29) is 5.82 Å². The molecule has 1 unspecified atom stereocenters. The Labute approximate surface area is 129 Å². The molecule has 0 heterocycles. The van der Waals surface area contributed by atoms with Crippen molar-refractivity contribution >= 4 is 0 Å². The minimum absolute atomic E-state index is 0.166. The molecule has 0 radical (unpaired) electrons. The van der Waals surface area contributed by atoms with E-state index in [2.05, 4.69) is 24.1 Å². The van der Waals surface area contributed by atoms with E-state index in [1.165, 1.54) is 44.3 Å². The summed E-state index contributed by atoms with van der Waals surface area (Å²) in [5.41, 5.74) is 1.17. The summed E-state index contributed by atoms with van der Waals surface area (Å²) in [5.74, 6) is -0.166. The van der Waals surface area contributed by atoms with Crippen LogP contribution in [0.25, 0.3) is 0 Å². The zero-order valence-electron chi connectivity index (χ0n) is 13.9. The van der Waals surface area contributed by atoms with E-state index in [0.717, 1.165) is 13.0 Å². The summed E-state index contributed by atoms with van der Waals surface area (Å²) in [6, 6.07) is 7.17. The molecule has 0 bridgehead atoms. The molecule has 0 saturated heterocycles. The first-order chi connectivity index (χ1) is 10.2. The van der Waals surface area contributed by atoms with Crippen molar-refractivity contribution in [3.8, 4) is 0 Å². The number of nitrogens with one attached hydrogen (secondary N) is 1. The van der Waals surface area contributed by atoms with Gasteiger partial charge in [-0.15, -0.1) is 0 Å². The molecule has 0 fully saturated rings. The summed E-state index contributed by atoms with van der Waals surface area (Å²) >= 11 is 0. The molecule has 21 heavy (non-hydrogen) atoms. The fourth-order valence-corrected chi connectivity index (χ4v) is 2.58. The van der Waals surface area contributed by atoms with Crippen molar-refractivity contribution in [2.45, 2.75) is 52.0 Å². The second kappa shape index (κ2) is 10.7. The van der Waals surface area contributed by atoms with Crippen LogP contribution in [0.3, 0.4) is 0 Å². The first-order valence-electron chi connectivity index (χ1n) is 8.36. The lowest BCUT2D eigenvalue weighted by atomic mass is 10.0. The van der Waals surface area contributed by atoms with Crippen LogP contribution in [0.4, 0.5) is 4.39 Å². The van der Waals surface area contributed by atoms with Crippen LogP contribution in [0.5, 0.6) is 0 Å². The first kappa shape index (κ1) is 18.1. The van der Waals surface area contributed by atoms with E-state index in [1.807, 2.05) is 19.2 Å². The van der Waals surface area contributed by atoms with Crippen molar-refractivity contribution in [3.05, 3.63) is 35.6 Å². The van der Waals surface area contributed by atoms with Crippen molar-refractivity contribution in [1.82, 2.24) is 10.2 Å². The number of hydrogen-bond donors (Lipinski definition) is 1. The van der Waals surface area contributed by atoms with Crippen LogP contribution in [0, 0.1) is 5.82 Å². The fraction of sp³-hybridized carbons (Fsp3) is 0.667. The first-order valence-corrected chi connectivity index (χ1v) is 8.36. The van der Waals surface area contributed by atoms with E-state index in [1.54, 1.807) is 12.1 Å². The Bertz CT molecular complexity index is 356. The summed E-state index contributed by atoms with van der Waals surface area (Å²) in [6.45, 7) is 7.97. The summed E-state index contributed by atoms with van der Waals surface area (Å²) in [5, 5.41) is 3.36. The van der Waals surface area contributed by atoms with E-state index in [0.29, 0.717) is 6.04 Å². The third-order valence-corrected chi connectivity index (χ3v) is 4.01.